The highest BCUT2D eigenvalue weighted by Crippen LogP contribution is 2.32. The Morgan fingerprint density at radius 3 is 2.94 bits per heavy atom. The molecule has 2 rings (SSSR count). The monoisotopic (exact) mass is 258 g/mol. The van der Waals surface area contributed by atoms with Gasteiger partial charge in [-0.2, -0.15) is 0 Å². The first kappa shape index (κ1) is 12.5. The predicted octanol–water partition coefficient (Wildman–Crippen LogP) is 2.63. The van der Waals surface area contributed by atoms with Crippen LogP contribution in [0.15, 0.2) is 12.1 Å². The van der Waals surface area contributed by atoms with E-state index in [9.17, 15) is 9.50 Å². The Hall–Kier alpha value is -1.00. The van der Waals surface area contributed by atoms with Gasteiger partial charge in [-0.25, -0.2) is 4.39 Å². The lowest BCUT2D eigenvalue weighted by atomic mass is 10.0. The summed E-state index contributed by atoms with van der Waals surface area (Å²) in [4.78, 5) is 0. The van der Waals surface area contributed by atoms with E-state index in [-0.39, 0.29) is 23.6 Å². The standard InChI is InChI=1S/C12H16ClFN2O/c13-8-4-10(15)12(5-9(8)14)16-11-3-1-2-7(11)6-17/h4-5,7,11,16-17H,1-3,6,15H2. The van der Waals surface area contributed by atoms with Crippen LogP contribution in [0.1, 0.15) is 19.3 Å². The lowest BCUT2D eigenvalue weighted by Crippen LogP contribution is -2.26. The quantitative estimate of drug-likeness (QED) is 0.731. The summed E-state index contributed by atoms with van der Waals surface area (Å²) in [5.74, 6) is -0.268. The average molecular weight is 259 g/mol. The molecule has 0 aromatic heterocycles. The van der Waals surface area contributed by atoms with Crippen LogP contribution in [0.4, 0.5) is 15.8 Å². The largest absolute Gasteiger partial charge is 0.397 e. The van der Waals surface area contributed by atoms with Crippen LogP contribution in [0.2, 0.25) is 5.02 Å². The van der Waals surface area contributed by atoms with Gasteiger partial charge in [0.25, 0.3) is 0 Å². The van der Waals surface area contributed by atoms with Gasteiger partial charge >= 0.3 is 0 Å². The number of nitrogen functional groups attached to an aromatic ring is 1. The zero-order valence-corrected chi connectivity index (χ0v) is 10.2. The maximum absolute atomic E-state index is 13.3. The Kier molecular flexibility index (Phi) is 3.74. The first-order valence-corrected chi connectivity index (χ1v) is 6.11. The van der Waals surface area contributed by atoms with Crippen molar-refractivity contribution in [2.24, 2.45) is 5.92 Å². The number of rotatable bonds is 3. The van der Waals surface area contributed by atoms with Gasteiger partial charge in [0.2, 0.25) is 0 Å². The van der Waals surface area contributed by atoms with Gasteiger partial charge in [0.1, 0.15) is 5.82 Å². The van der Waals surface area contributed by atoms with Crippen molar-refractivity contribution in [2.75, 3.05) is 17.7 Å². The normalized spacial score (nSPS) is 23.9. The summed E-state index contributed by atoms with van der Waals surface area (Å²) < 4.78 is 13.3. The summed E-state index contributed by atoms with van der Waals surface area (Å²) in [6.07, 6.45) is 3.03. The topological polar surface area (TPSA) is 58.3 Å². The summed E-state index contributed by atoms with van der Waals surface area (Å²) in [5.41, 5.74) is 6.76. The number of benzene rings is 1. The molecule has 1 aromatic rings. The van der Waals surface area contributed by atoms with Crippen LogP contribution >= 0.6 is 11.6 Å². The van der Waals surface area contributed by atoms with Gasteiger partial charge in [-0.3, -0.25) is 0 Å². The average Bonchev–Trinajstić information content (AvgIpc) is 2.73. The second kappa shape index (κ2) is 5.10. The van der Waals surface area contributed by atoms with Gasteiger partial charge < -0.3 is 16.2 Å². The Morgan fingerprint density at radius 2 is 2.24 bits per heavy atom. The summed E-state index contributed by atoms with van der Waals surface area (Å²) in [7, 11) is 0. The summed E-state index contributed by atoms with van der Waals surface area (Å²) >= 11 is 5.64. The smallest absolute Gasteiger partial charge is 0.143 e. The molecule has 0 bridgehead atoms. The summed E-state index contributed by atoms with van der Waals surface area (Å²) in [5, 5.41) is 12.4. The van der Waals surface area contributed by atoms with Gasteiger partial charge in [0.15, 0.2) is 0 Å². The molecule has 1 aromatic carbocycles. The Morgan fingerprint density at radius 1 is 1.47 bits per heavy atom. The van der Waals surface area contributed by atoms with E-state index in [0.717, 1.165) is 19.3 Å². The molecule has 0 spiro atoms. The van der Waals surface area contributed by atoms with Gasteiger partial charge in [0.05, 0.1) is 16.4 Å². The molecule has 1 aliphatic rings. The van der Waals surface area contributed by atoms with Crippen LogP contribution in [0.3, 0.4) is 0 Å². The maximum Gasteiger partial charge on any atom is 0.143 e. The molecule has 2 unspecified atom stereocenters. The van der Waals surface area contributed by atoms with Crippen molar-refractivity contribution in [1.82, 2.24) is 0 Å². The molecule has 4 N–H and O–H groups in total. The van der Waals surface area contributed by atoms with E-state index < -0.39 is 5.82 Å². The second-order valence-electron chi connectivity index (χ2n) is 4.48. The minimum Gasteiger partial charge on any atom is -0.397 e. The highest BCUT2D eigenvalue weighted by molar-refractivity contribution is 6.31. The first-order chi connectivity index (χ1) is 8.11. The van der Waals surface area contributed by atoms with Crippen molar-refractivity contribution in [1.29, 1.82) is 0 Å². The van der Waals surface area contributed by atoms with E-state index in [2.05, 4.69) is 5.32 Å². The van der Waals surface area contributed by atoms with Crippen LogP contribution in [0, 0.1) is 11.7 Å². The van der Waals surface area contributed by atoms with Crippen molar-refractivity contribution in [3.05, 3.63) is 23.0 Å². The van der Waals surface area contributed by atoms with Gasteiger partial charge in [-0.05, 0) is 18.9 Å². The van der Waals surface area contributed by atoms with E-state index in [1.54, 1.807) is 0 Å². The molecule has 0 saturated heterocycles. The number of hydrogen-bond donors (Lipinski definition) is 3. The minimum atomic E-state index is -0.484. The fraction of sp³-hybridized carbons (Fsp3) is 0.500. The molecule has 0 heterocycles. The number of aliphatic hydroxyl groups excluding tert-OH is 1. The predicted molar refractivity (Wildman–Crippen MR) is 67.7 cm³/mol. The van der Waals surface area contributed by atoms with E-state index in [1.165, 1.54) is 12.1 Å². The molecule has 3 nitrogen and oxygen atoms in total. The van der Waals surface area contributed by atoms with Crippen LogP contribution < -0.4 is 11.1 Å². The third-order valence-corrected chi connectivity index (χ3v) is 3.62. The van der Waals surface area contributed by atoms with Gasteiger partial charge in [0, 0.05) is 24.6 Å². The summed E-state index contributed by atoms with van der Waals surface area (Å²) in [6.45, 7) is 0.146. The highest BCUT2D eigenvalue weighted by Gasteiger charge is 2.27. The third kappa shape index (κ3) is 2.64. The fourth-order valence-corrected chi connectivity index (χ4v) is 2.50. The number of hydrogen-bond acceptors (Lipinski definition) is 3. The van der Waals surface area contributed by atoms with Gasteiger partial charge in [-0.15, -0.1) is 0 Å². The molecule has 2 atom stereocenters. The molecule has 0 radical (unpaired) electrons. The van der Waals surface area contributed by atoms with Crippen molar-refractivity contribution >= 4 is 23.0 Å². The lowest BCUT2D eigenvalue weighted by molar-refractivity contribution is 0.222. The van der Waals surface area contributed by atoms with Crippen molar-refractivity contribution < 1.29 is 9.50 Å². The lowest BCUT2D eigenvalue weighted by Gasteiger charge is -2.21. The zero-order chi connectivity index (χ0) is 12.4. The van der Waals surface area contributed by atoms with Crippen LogP contribution in [-0.4, -0.2) is 17.8 Å². The Bertz CT molecular complexity index is 414. The highest BCUT2D eigenvalue weighted by atomic mass is 35.5. The Labute approximate surface area is 105 Å². The first-order valence-electron chi connectivity index (χ1n) is 5.73. The van der Waals surface area contributed by atoms with Crippen molar-refractivity contribution in [3.8, 4) is 0 Å². The number of nitrogens with one attached hydrogen (secondary N) is 1. The van der Waals surface area contributed by atoms with Crippen LogP contribution in [0.5, 0.6) is 0 Å². The second-order valence-corrected chi connectivity index (χ2v) is 4.89. The van der Waals surface area contributed by atoms with Crippen molar-refractivity contribution in [3.63, 3.8) is 0 Å². The third-order valence-electron chi connectivity index (χ3n) is 3.33. The molecule has 0 amide bonds. The van der Waals surface area contributed by atoms with Crippen molar-refractivity contribution in [2.45, 2.75) is 25.3 Å². The summed E-state index contributed by atoms with van der Waals surface area (Å²) in [6, 6.07) is 2.87. The molecule has 1 saturated carbocycles. The van der Waals surface area contributed by atoms with Gasteiger partial charge in [-0.1, -0.05) is 18.0 Å². The van der Waals surface area contributed by atoms with E-state index in [1.807, 2.05) is 0 Å². The van der Waals surface area contributed by atoms with Crippen LogP contribution in [0.25, 0.3) is 0 Å². The van der Waals surface area contributed by atoms with Crippen LogP contribution in [-0.2, 0) is 0 Å². The number of aliphatic hydroxyl groups is 1. The number of nitrogens with two attached hydrogens (primary N) is 1. The number of anilines is 2. The Balaban J connectivity index is 2.15. The molecule has 0 aliphatic heterocycles. The fourth-order valence-electron chi connectivity index (χ4n) is 2.33. The van der Waals surface area contributed by atoms with E-state index >= 15 is 0 Å². The van der Waals surface area contributed by atoms with E-state index in [4.69, 9.17) is 17.3 Å². The maximum atomic E-state index is 13.3. The minimum absolute atomic E-state index is 0.0261. The molecule has 1 aliphatic carbocycles. The molecule has 17 heavy (non-hydrogen) atoms. The van der Waals surface area contributed by atoms with E-state index in [0.29, 0.717) is 11.4 Å². The molecule has 5 heteroatoms. The molecular weight excluding hydrogens is 243 g/mol. The molecular formula is C12H16ClFN2O. The molecule has 1 fully saturated rings. The molecule has 94 valence electrons. The SMILES string of the molecule is Nc1cc(Cl)c(F)cc1NC1CCCC1CO. The number of halogens is 2. The zero-order valence-electron chi connectivity index (χ0n) is 9.42.